The minimum absolute atomic E-state index is 0.0831. The van der Waals surface area contributed by atoms with Crippen LogP contribution in [0.5, 0.6) is 0 Å². The number of hydroxylamine groups is 1. The van der Waals surface area contributed by atoms with Crippen molar-refractivity contribution in [2.45, 2.75) is 52.8 Å². The molecule has 0 fully saturated rings. The zero-order chi connectivity index (χ0) is 16.8. The van der Waals surface area contributed by atoms with Gasteiger partial charge in [-0.25, -0.2) is 9.53 Å². The van der Waals surface area contributed by atoms with Gasteiger partial charge in [0, 0.05) is 5.56 Å². The Morgan fingerprint density at radius 1 is 1.32 bits per heavy atom. The molecule has 1 N–H and O–H groups in total. The highest BCUT2D eigenvalue weighted by molar-refractivity contribution is 5.74. The molecule has 122 valence electrons. The Hall–Kier alpha value is -2.04. The highest BCUT2D eigenvalue weighted by Gasteiger charge is 2.22. The second-order valence-corrected chi connectivity index (χ2v) is 6.63. The Balaban J connectivity index is 2.70. The van der Waals surface area contributed by atoms with Gasteiger partial charge in [0.15, 0.2) is 12.8 Å². The molecule has 1 rings (SSSR count). The van der Waals surface area contributed by atoms with Gasteiger partial charge in [0.1, 0.15) is 11.6 Å². The molecule has 0 aliphatic carbocycles. The summed E-state index contributed by atoms with van der Waals surface area (Å²) < 4.78 is 6.07. The maximum atomic E-state index is 12.1. The molecule has 0 radical (unpaired) electrons. The predicted octanol–water partition coefficient (Wildman–Crippen LogP) is 3.32. The fourth-order valence-corrected chi connectivity index (χ4v) is 1.81. The Kier molecular flexibility index (Phi) is 6.40. The van der Waals surface area contributed by atoms with E-state index in [0.29, 0.717) is 0 Å². The first-order valence-electron chi connectivity index (χ1n) is 7.49. The molecule has 0 aromatic heterocycles. The summed E-state index contributed by atoms with van der Waals surface area (Å²) in [6, 6.07) is 9.10. The van der Waals surface area contributed by atoms with E-state index in [1.807, 2.05) is 44.2 Å². The van der Waals surface area contributed by atoms with Crippen LogP contribution in [-0.4, -0.2) is 28.7 Å². The van der Waals surface area contributed by atoms with Crippen molar-refractivity contribution in [3.05, 3.63) is 41.1 Å². The zero-order valence-corrected chi connectivity index (χ0v) is 14.0. The van der Waals surface area contributed by atoms with Gasteiger partial charge in [-0.15, -0.1) is 0 Å². The van der Waals surface area contributed by atoms with Crippen LogP contribution in [0.15, 0.2) is 30.3 Å². The topological polar surface area (TPSA) is 64.4 Å². The molecule has 0 spiro atoms. The third-order valence-corrected chi connectivity index (χ3v) is 2.91. The summed E-state index contributed by atoms with van der Waals surface area (Å²) in [6.07, 6.45) is 0.970. The Morgan fingerprint density at radius 3 is 2.41 bits per heavy atom. The lowest BCUT2D eigenvalue weighted by Gasteiger charge is -2.23. The molecule has 0 saturated carbocycles. The van der Waals surface area contributed by atoms with Crippen LogP contribution in [0.4, 0.5) is 4.79 Å². The van der Waals surface area contributed by atoms with E-state index >= 15 is 0 Å². The second kappa shape index (κ2) is 7.82. The van der Waals surface area contributed by atoms with Gasteiger partial charge in [-0.3, -0.25) is 0 Å². The monoisotopic (exact) mass is 306 g/mol. The lowest BCUT2D eigenvalue weighted by molar-refractivity contribution is -0.471. The largest absolute Gasteiger partial charge is 0.624 e. The van der Waals surface area contributed by atoms with Gasteiger partial charge in [-0.05, 0) is 26.7 Å². The number of carbonyl (C=O) groups excluding carboxylic acids is 1. The molecule has 0 heterocycles. The first-order valence-corrected chi connectivity index (χ1v) is 7.49. The molecular weight excluding hydrogens is 280 g/mol. The van der Waals surface area contributed by atoms with Gasteiger partial charge in [0.05, 0.1) is 0 Å². The van der Waals surface area contributed by atoms with Crippen molar-refractivity contribution in [2.24, 2.45) is 5.92 Å². The van der Waals surface area contributed by atoms with Crippen molar-refractivity contribution in [3.63, 3.8) is 0 Å². The fourth-order valence-electron chi connectivity index (χ4n) is 1.81. The molecular formula is C17H26N2O3. The summed E-state index contributed by atoms with van der Waals surface area (Å²) >= 11 is 0. The van der Waals surface area contributed by atoms with Crippen LogP contribution in [0.2, 0.25) is 0 Å². The third kappa shape index (κ3) is 7.11. The second-order valence-electron chi connectivity index (χ2n) is 6.63. The van der Waals surface area contributed by atoms with Gasteiger partial charge in [0.2, 0.25) is 0 Å². The van der Waals surface area contributed by atoms with E-state index in [0.717, 1.165) is 10.3 Å². The van der Waals surface area contributed by atoms with Crippen LogP contribution < -0.4 is 5.32 Å². The highest BCUT2D eigenvalue weighted by Crippen LogP contribution is 2.08. The minimum Gasteiger partial charge on any atom is -0.624 e. The number of amides is 1. The van der Waals surface area contributed by atoms with Gasteiger partial charge in [-0.2, -0.15) is 0 Å². The number of benzene rings is 1. The molecule has 5 heteroatoms. The van der Waals surface area contributed by atoms with E-state index in [4.69, 9.17) is 4.74 Å². The van der Waals surface area contributed by atoms with Crippen LogP contribution in [0, 0.1) is 11.1 Å². The van der Waals surface area contributed by atoms with Crippen molar-refractivity contribution >= 4 is 12.3 Å². The predicted molar refractivity (Wildman–Crippen MR) is 87.8 cm³/mol. The van der Waals surface area contributed by atoms with Crippen LogP contribution in [-0.2, 0) is 11.3 Å². The maximum Gasteiger partial charge on any atom is 0.408 e. The van der Waals surface area contributed by atoms with E-state index < -0.39 is 11.7 Å². The number of nitrogens with zero attached hydrogens (tertiary/aromatic N) is 1. The summed E-state index contributed by atoms with van der Waals surface area (Å²) in [5.41, 5.74) is 0.362. The number of hydrogen-bond acceptors (Lipinski definition) is 3. The summed E-state index contributed by atoms with van der Waals surface area (Å²) in [6.45, 7) is 9.53. The number of nitrogens with one attached hydrogen (secondary N) is 1. The Bertz CT molecular complexity index is 504. The molecule has 0 bridgehead atoms. The smallest absolute Gasteiger partial charge is 0.408 e. The van der Waals surface area contributed by atoms with Crippen molar-refractivity contribution in [2.75, 3.05) is 0 Å². The van der Waals surface area contributed by atoms with Gasteiger partial charge >= 0.3 is 6.09 Å². The normalized spacial score (nSPS) is 13.8. The fraction of sp³-hybridized carbons (Fsp3) is 0.529. The molecule has 0 saturated heterocycles. The average Bonchev–Trinajstić information content (AvgIpc) is 2.36. The first kappa shape index (κ1) is 18.0. The van der Waals surface area contributed by atoms with Gasteiger partial charge in [0.25, 0.3) is 0 Å². The zero-order valence-electron chi connectivity index (χ0n) is 14.0. The number of rotatable bonds is 5. The minimum atomic E-state index is -0.563. The lowest BCUT2D eigenvalue weighted by Crippen LogP contribution is -2.44. The van der Waals surface area contributed by atoms with Crippen molar-refractivity contribution < 1.29 is 14.3 Å². The van der Waals surface area contributed by atoms with E-state index in [-0.39, 0.29) is 18.5 Å². The van der Waals surface area contributed by atoms with Crippen LogP contribution >= 0.6 is 0 Å². The standard InChI is InChI=1S/C17H26N2O3/c1-13(2)15(18-16(20)22-17(3,4)5)12-19(21)11-14-9-7-6-8-10-14/h6-10,12-13,15H,11H2,1-5H3,(H,18,20)/b19-12-/t15-/m1/s1. The Morgan fingerprint density at radius 2 is 1.91 bits per heavy atom. The van der Waals surface area contributed by atoms with E-state index in [2.05, 4.69) is 5.32 Å². The molecule has 22 heavy (non-hydrogen) atoms. The summed E-state index contributed by atoms with van der Waals surface area (Å²) in [7, 11) is 0. The number of ether oxygens (including phenoxy) is 1. The van der Waals surface area contributed by atoms with E-state index in [1.165, 1.54) is 6.21 Å². The Labute approximate surface area is 132 Å². The molecule has 0 aliphatic heterocycles. The number of carbonyl (C=O) groups is 1. The summed E-state index contributed by atoms with van der Waals surface area (Å²) in [5, 5.41) is 14.8. The third-order valence-electron chi connectivity index (χ3n) is 2.91. The molecule has 1 aromatic carbocycles. The molecule has 0 unspecified atom stereocenters. The maximum absolute atomic E-state index is 12.1. The first-order chi connectivity index (χ1) is 10.2. The van der Waals surface area contributed by atoms with Gasteiger partial charge < -0.3 is 15.3 Å². The van der Waals surface area contributed by atoms with E-state index in [1.54, 1.807) is 20.8 Å². The van der Waals surface area contributed by atoms with Crippen LogP contribution in [0.1, 0.15) is 40.2 Å². The molecule has 1 atom stereocenters. The molecule has 0 aliphatic rings. The summed E-state index contributed by atoms with van der Waals surface area (Å²) in [4.78, 5) is 11.8. The highest BCUT2D eigenvalue weighted by atomic mass is 16.6. The molecule has 5 nitrogen and oxygen atoms in total. The lowest BCUT2D eigenvalue weighted by atomic mass is 10.1. The van der Waals surface area contributed by atoms with E-state index in [9.17, 15) is 10.0 Å². The quantitative estimate of drug-likeness (QED) is 0.393. The van der Waals surface area contributed by atoms with Crippen LogP contribution in [0.25, 0.3) is 0 Å². The van der Waals surface area contributed by atoms with Gasteiger partial charge in [-0.1, -0.05) is 44.2 Å². The summed E-state index contributed by atoms with van der Waals surface area (Å²) in [5.74, 6) is 0.0831. The van der Waals surface area contributed by atoms with Crippen molar-refractivity contribution in [3.8, 4) is 0 Å². The molecule has 1 aromatic rings. The molecule has 1 amide bonds. The SMILES string of the molecule is CC(C)[C@@H](/C=[N+](\[O-])Cc1ccccc1)NC(=O)OC(C)(C)C. The average molecular weight is 306 g/mol. The van der Waals surface area contributed by atoms with Crippen molar-refractivity contribution in [1.82, 2.24) is 5.32 Å². The number of alkyl carbamates (subject to hydrolysis) is 1. The van der Waals surface area contributed by atoms with Crippen LogP contribution in [0.3, 0.4) is 0 Å². The van der Waals surface area contributed by atoms with Crippen molar-refractivity contribution in [1.29, 1.82) is 0 Å². The number of hydrogen-bond donors (Lipinski definition) is 1.